The second kappa shape index (κ2) is 4.44. The summed E-state index contributed by atoms with van der Waals surface area (Å²) in [6, 6.07) is 6.90. The molecule has 2 aromatic heterocycles. The lowest BCUT2D eigenvalue weighted by Crippen LogP contribution is -1.93. The number of phenolic OH excluding ortho intramolecular Hbond substituents is 1. The number of aromatic hydroxyl groups is 1. The van der Waals surface area contributed by atoms with E-state index < -0.39 is 0 Å². The highest BCUT2D eigenvalue weighted by atomic mass is 35.5. The zero-order chi connectivity index (χ0) is 13.4. The van der Waals surface area contributed by atoms with Gasteiger partial charge in [0.1, 0.15) is 16.7 Å². The van der Waals surface area contributed by atoms with Crippen molar-refractivity contribution in [3.8, 4) is 28.5 Å². The fourth-order valence-electron chi connectivity index (χ4n) is 1.90. The number of aromatic nitrogens is 3. The van der Waals surface area contributed by atoms with Gasteiger partial charge in [-0.15, -0.1) is 0 Å². The van der Waals surface area contributed by atoms with Gasteiger partial charge in [-0.05, 0) is 12.1 Å². The van der Waals surface area contributed by atoms with Crippen molar-refractivity contribution >= 4 is 11.6 Å². The third-order valence-corrected chi connectivity index (χ3v) is 3.24. The normalized spacial score (nSPS) is 10.8. The Labute approximate surface area is 114 Å². The van der Waals surface area contributed by atoms with Gasteiger partial charge in [0.25, 0.3) is 0 Å². The smallest absolute Gasteiger partial charge is 0.181 e. The number of hydrogen-bond donors (Lipinski definition) is 1. The van der Waals surface area contributed by atoms with E-state index in [2.05, 4.69) is 10.1 Å². The van der Waals surface area contributed by atoms with Gasteiger partial charge in [0, 0.05) is 7.05 Å². The van der Waals surface area contributed by atoms with Crippen molar-refractivity contribution in [1.29, 1.82) is 0 Å². The van der Waals surface area contributed by atoms with Crippen molar-refractivity contribution in [2.24, 2.45) is 7.05 Å². The van der Waals surface area contributed by atoms with Crippen LogP contribution in [-0.2, 0) is 7.05 Å². The molecule has 0 fully saturated rings. The summed E-state index contributed by atoms with van der Waals surface area (Å²) in [7, 11) is 1.80. The van der Waals surface area contributed by atoms with Crippen molar-refractivity contribution < 1.29 is 9.63 Å². The number of phenols is 1. The predicted molar refractivity (Wildman–Crippen MR) is 70.8 cm³/mol. The summed E-state index contributed by atoms with van der Waals surface area (Å²) in [5.74, 6) is 1.22. The number of para-hydroxylation sites is 1. The maximum Gasteiger partial charge on any atom is 0.181 e. The molecule has 1 aromatic carbocycles. The molecule has 0 saturated carbocycles. The molecule has 3 rings (SSSR count). The van der Waals surface area contributed by atoms with Crippen LogP contribution in [0.3, 0.4) is 0 Å². The van der Waals surface area contributed by atoms with E-state index in [1.54, 1.807) is 42.2 Å². The van der Waals surface area contributed by atoms with E-state index >= 15 is 0 Å². The molecule has 0 unspecified atom stereocenters. The van der Waals surface area contributed by atoms with Crippen LogP contribution in [-0.4, -0.2) is 19.8 Å². The summed E-state index contributed by atoms with van der Waals surface area (Å²) < 4.78 is 6.96. The number of nitrogens with zero attached hydrogens (tertiary/aromatic N) is 3. The highest BCUT2D eigenvalue weighted by Gasteiger charge is 2.19. The first-order valence-electron chi connectivity index (χ1n) is 5.59. The second-order valence-corrected chi connectivity index (χ2v) is 4.44. The monoisotopic (exact) mass is 275 g/mol. The van der Waals surface area contributed by atoms with Crippen molar-refractivity contribution in [2.75, 3.05) is 0 Å². The van der Waals surface area contributed by atoms with Gasteiger partial charge < -0.3 is 14.2 Å². The molecule has 5 nitrogen and oxygen atoms in total. The van der Waals surface area contributed by atoms with E-state index in [-0.39, 0.29) is 5.75 Å². The molecule has 3 aromatic rings. The highest BCUT2D eigenvalue weighted by molar-refractivity contribution is 6.29. The first-order chi connectivity index (χ1) is 9.18. The lowest BCUT2D eigenvalue weighted by atomic mass is 10.1. The van der Waals surface area contributed by atoms with Crippen LogP contribution < -0.4 is 0 Å². The third kappa shape index (κ3) is 1.88. The zero-order valence-electron chi connectivity index (χ0n) is 10.0. The SMILES string of the molecule is Cn1c(Cl)cnc1-c1cnoc1-c1ccccc1O. The van der Waals surface area contributed by atoms with Crippen LogP contribution >= 0.6 is 11.6 Å². The molecule has 0 aliphatic rings. The van der Waals surface area contributed by atoms with E-state index in [9.17, 15) is 5.11 Å². The number of imidazole rings is 1. The van der Waals surface area contributed by atoms with Crippen LogP contribution in [0.15, 0.2) is 41.2 Å². The minimum Gasteiger partial charge on any atom is -0.507 e. The number of benzene rings is 1. The molecule has 0 bridgehead atoms. The molecular weight excluding hydrogens is 266 g/mol. The molecule has 1 N–H and O–H groups in total. The van der Waals surface area contributed by atoms with Gasteiger partial charge in [0.2, 0.25) is 0 Å². The third-order valence-electron chi connectivity index (χ3n) is 2.89. The number of rotatable bonds is 2. The summed E-state index contributed by atoms with van der Waals surface area (Å²) >= 11 is 5.98. The van der Waals surface area contributed by atoms with Crippen molar-refractivity contribution in [3.63, 3.8) is 0 Å². The fraction of sp³-hybridized carbons (Fsp3) is 0.0769. The quantitative estimate of drug-likeness (QED) is 0.780. The van der Waals surface area contributed by atoms with Gasteiger partial charge in [-0.3, -0.25) is 0 Å². The molecule has 96 valence electrons. The largest absolute Gasteiger partial charge is 0.507 e. The Hall–Kier alpha value is -2.27. The molecule has 0 aliphatic carbocycles. The lowest BCUT2D eigenvalue weighted by molar-refractivity contribution is 0.426. The molecular formula is C13H10ClN3O2. The lowest BCUT2D eigenvalue weighted by Gasteiger charge is -2.04. The fourth-order valence-corrected chi connectivity index (χ4v) is 2.03. The van der Waals surface area contributed by atoms with E-state index in [1.807, 2.05) is 6.07 Å². The second-order valence-electron chi connectivity index (χ2n) is 4.05. The Morgan fingerprint density at radius 1 is 1.21 bits per heavy atom. The van der Waals surface area contributed by atoms with Crippen LogP contribution in [0.4, 0.5) is 0 Å². The summed E-state index contributed by atoms with van der Waals surface area (Å²) in [6.45, 7) is 0. The van der Waals surface area contributed by atoms with Gasteiger partial charge in [0.05, 0.1) is 23.5 Å². The van der Waals surface area contributed by atoms with E-state index in [4.69, 9.17) is 16.1 Å². The van der Waals surface area contributed by atoms with Gasteiger partial charge >= 0.3 is 0 Å². The molecule has 19 heavy (non-hydrogen) atoms. The van der Waals surface area contributed by atoms with Crippen LogP contribution in [0, 0.1) is 0 Å². The average molecular weight is 276 g/mol. The molecule has 0 saturated heterocycles. The Morgan fingerprint density at radius 3 is 2.68 bits per heavy atom. The minimum atomic E-state index is 0.126. The number of halogens is 1. The molecule has 0 amide bonds. The highest BCUT2D eigenvalue weighted by Crippen LogP contribution is 2.36. The molecule has 0 spiro atoms. The topological polar surface area (TPSA) is 64.1 Å². The molecule has 0 radical (unpaired) electrons. The first kappa shape index (κ1) is 11.8. The van der Waals surface area contributed by atoms with Crippen LogP contribution in [0.25, 0.3) is 22.7 Å². The Morgan fingerprint density at radius 2 is 2.00 bits per heavy atom. The standard InChI is InChI=1S/C13H10ClN3O2/c1-17-11(14)7-15-13(17)9-6-16-19-12(9)8-4-2-3-5-10(8)18/h2-7,18H,1H3. The summed E-state index contributed by atoms with van der Waals surface area (Å²) in [4.78, 5) is 4.22. The van der Waals surface area contributed by atoms with Gasteiger partial charge in [-0.1, -0.05) is 28.9 Å². The zero-order valence-corrected chi connectivity index (χ0v) is 10.8. The molecule has 2 heterocycles. The summed E-state index contributed by atoms with van der Waals surface area (Å²) in [6.07, 6.45) is 3.11. The van der Waals surface area contributed by atoms with Gasteiger partial charge in [-0.2, -0.15) is 0 Å². The van der Waals surface area contributed by atoms with Crippen molar-refractivity contribution in [2.45, 2.75) is 0 Å². The minimum absolute atomic E-state index is 0.126. The van der Waals surface area contributed by atoms with E-state index in [0.29, 0.717) is 27.9 Å². The van der Waals surface area contributed by atoms with Crippen LogP contribution in [0.1, 0.15) is 0 Å². The Bertz CT molecular complexity index is 733. The molecule has 0 atom stereocenters. The Kier molecular flexibility index (Phi) is 2.76. The first-order valence-corrected chi connectivity index (χ1v) is 5.97. The predicted octanol–water partition coefficient (Wildman–Crippen LogP) is 3.10. The number of hydrogen-bond acceptors (Lipinski definition) is 4. The van der Waals surface area contributed by atoms with E-state index in [1.165, 1.54) is 0 Å². The van der Waals surface area contributed by atoms with Gasteiger partial charge in [0.15, 0.2) is 5.76 Å². The van der Waals surface area contributed by atoms with Crippen molar-refractivity contribution in [1.82, 2.24) is 14.7 Å². The maximum atomic E-state index is 9.89. The summed E-state index contributed by atoms with van der Waals surface area (Å²) in [5.41, 5.74) is 1.24. The van der Waals surface area contributed by atoms with Crippen LogP contribution in [0.2, 0.25) is 5.15 Å². The molecule has 6 heteroatoms. The Balaban J connectivity index is 2.19. The summed E-state index contributed by atoms with van der Waals surface area (Å²) in [5, 5.41) is 14.2. The maximum absolute atomic E-state index is 9.89. The molecule has 0 aliphatic heterocycles. The van der Waals surface area contributed by atoms with Gasteiger partial charge in [-0.25, -0.2) is 4.98 Å². The van der Waals surface area contributed by atoms with E-state index in [0.717, 1.165) is 0 Å². The average Bonchev–Trinajstić information content (AvgIpc) is 2.99. The van der Waals surface area contributed by atoms with Crippen LogP contribution in [0.5, 0.6) is 5.75 Å². The van der Waals surface area contributed by atoms with Crippen molar-refractivity contribution in [3.05, 3.63) is 41.8 Å².